The molecule has 0 spiro atoms. The molecule has 1 nitrogen and oxygen atoms in total. The van der Waals surface area contributed by atoms with Gasteiger partial charge in [-0.2, -0.15) is 10.9 Å². The zero-order valence-electron chi connectivity index (χ0n) is 10.3. The van der Waals surface area contributed by atoms with Gasteiger partial charge in [-0.1, -0.05) is 48.5 Å². The molecule has 0 aromatic heterocycles. The van der Waals surface area contributed by atoms with Crippen LogP contribution >= 0.6 is 10.9 Å². The third-order valence-corrected chi connectivity index (χ3v) is 5.63. The summed E-state index contributed by atoms with van der Waals surface area (Å²) in [7, 11) is -0.448. The van der Waals surface area contributed by atoms with Crippen LogP contribution in [-0.2, 0) is 0 Å². The summed E-state index contributed by atoms with van der Waals surface area (Å²) in [5.74, 6) is 0. The molecular formula is C17H13NS. The molecule has 3 aromatic carbocycles. The van der Waals surface area contributed by atoms with Crippen LogP contribution in [0.25, 0.3) is 10.8 Å². The monoisotopic (exact) mass is 263 g/mol. The lowest BCUT2D eigenvalue weighted by Crippen LogP contribution is -1.85. The molecule has 0 saturated carbocycles. The van der Waals surface area contributed by atoms with E-state index < -0.39 is 10.9 Å². The average molecular weight is 263 g/mol. The van der Waals surface area contributed by atoms with Crippen molar-refractivity contribution < 1.29 is 0 Å². The maximum atomic E-state index is 4.57. The Labute approximate surface area is 115 Å². The molecule has 0 amide bonds. The van der Waals surface area contributed by atoms with Gasteiger partial charge in [0, 0.05) is 15.3 Å². The van der Waals surface area contributed by atoms with Crippen LogP contribution in [0.3, 0.4) is 0 Å². The molecule has 1 heterocycles. The first kappa shape index (κ1) is 10.8. The highest BCUT2D eigenvalue weighted by molar-refractivity contribution is 8.29. The summed E-state index contributed by atoms with van der Waals surface area (Å²) >= 11 is 0. The number of para-hydroxylation sites is 1. The van der Waals surface area contributed by atoms with Crippen molar-refractivity contribution in [3.8, 4) is 0 Å². The third kappa shape index (κ3) is 1.68. The van der Waals surface area contributed by atoms with Gasteiger partial charge in [-0.05, 0) is 29.0 Å². The van der Waals surface area contributed by atoms with E-state index in [4.69, 9.17) is 0 Å². The van der Waals surface area contributed by atoms with Gasteiger partial charge in [-0.25, -0.2) is 0 Å². The summed E-state index contributed by atoms with van der Waals surface area (Å²) in [5, 5.41) is 2.65. The van der Waals surface area contributed by atoms with Gasteiger partial charge < -0.3 is 0 Å². The third-order valence-electron chi connectivity index (χ3n) is 3.48. The molecule has 0 bridgehead atoms. The number of hydrogen-bond acceptors (Lipinski definition) is 1. The summed E-state index contributed by atoms with van der Waals surface area (Å²) in [4.78, 5) is 7.34. The maximum Gasteiger partial charge on any atom is 0.0760 e. The first-order valence-corrected chi connectivity index (χ1v) is 7.75. The van der Waals surface area contributed by atoms with Crippen molar-refractivity contribution in [1.29, 1.82) is 0 Å². The summed E-state index contributed by atoms with van der Waals surface area (Å²) in [6, 6.07) is 23.6. The van der Waals surface area contributed by atoms with Crippen LogP contribution in [0.15, 0.2) is 81.5 Å². The number of nitrogens with zero attached hydrogens (tertiary/aromatic N) is 1. The van der Waals surface area contributed by atoms with Gasteiger partial charge in [0.05, 0.1) is 5.69 Å². The zero-order chi connectivity index (χ0) is 12.7. The molecule has 1 atom stereocenters. The lowest BCUT2D eigenvalue weighted by Gasteiger charge is -2.16. The van der Waals surface area contributed by atoms with Crippen LogP contribution in [0.1, 0.15) is 0 Å². The molecule has 1 unspecified atom stereocenters. The second-order valence-electron chi connectivity index (χ2n) is 4.60. The number of hydrogen-bond donors (Lipinski definition) is 1. The van der Waals surface area contributed by atoms with Gasteiger partial charge in [-0.3, -0.25) is 4.99 Å². The van der Waals surface area contributed by atoms with Gasteiger partial charge in [0.2, 0.25) is 0 Å². The highest BCUT2D eigenvalue weighted by atomic mass is 32.2. The van der Waals surface area contributed by atoms with Gasteiger partial charge >= 0.3 is 0 Å². The molecule has 0 fully saturated rings. The van der Waals surface area contributed by atoms with E-state index in [9.17, 15) is 0 Å². The predicted octanol–water partition coefficient (Wildman–Crippen LogP) is 4.93. The fraction of sp³-hybridized carbons (Fsp3) is 0. The minimum absolute atomic E-state index is 0.448. The zero-order valence-corrected chi connectivity index (χ0v) is 11.2. The second kappa shape index (κ2) is 4.25. The normalized spacial score (nSPS) is 18.6. The van der Waals surface area contributed by atoms with Crippen molar-refractivity contribution in [2.24, 2.45) is 4.99 Å². The quantitative estimate of drug-likeness (QED) is 0.597. The fourth-order valence-electron chi connectivity index (χ4n) is 2.57. The van der Waals surface area contributed by atoms with Crippen LogP contribution in [0.4, 0.5) is 5.69 Å². The Kier molecular flexibility index (Phi) is 2.42. The molecule has 0 radical (unpaired) electrons. The molecule has 0 N–H and O–H groups in total. The summed E-state index contributed by atoms with van der Waals surface area (Å²) in [6.45, 7) is 0. The largest absolute Gasteiger partial charge is 0.250 e. The first-order chi connectivity index (χ1) is 9.43. The lowest BCUT2D eigenvalue weighted by atomic mass is 10.1. The molecule has 0 aliphatic carbocycles. The van der Waals surface area contributed by atoms with E-state index in [2.05, 4.69) is 77.3 Å². The SMILES string of the molecule is C1=Nc2ccccc2[SH]1c1cccc2ccccc12. The minimum atomic E-state index is -0.448. The Morgan fingerprint density at radius 2 is 1.42 bits per heavy atom. The minimum Gasteiger partial charge on any atom is -0.250 e. The fourth-order valence-corrected chi connectivity index (χ4v) is 4.65. The number of thiol groups is 1. The molecule has 19 heavy (non-hydrogen) atoms. The molecule has 2 heteroatoms. The van der Waals surface area contributed by atoms with E-state index >= 15 is 0 Å². The van der Waals surface area contributed by atoms with Crippen molar-refractivity contribution in [1.82, 2.24) is 0 Å². The van der Waals surface area contributed by atoms with Gasteiger partial charge in [0.25, 0.3) is 0 Å². The van der Waals surface area contributed by atoms with E-state index in [-0.39, 0.29) is 0 Å². The molecule has 1 aliphatic rings. The molecule has 3 aromatic rings. The predicted molar refractivity (Wildman–Crippen MR) is 84.1 cm³/mol. The summed E-state index contributed by atoms with van der Waals surface area (Å²) < 4.78 is 0. The van der Waals surface area contributed by atoms with Crippen LogP contribution < -0.4 is 0 Å². The maximum absolute atomic E-state index is 4.57. The Bertz CT molecular complexity index is 787. The number of aliphatic imine (C=N–C) groups is 1. The Morgan fingerprint density at radius 3 is 2.42 bits per heavy atom. The summed E-state index contributed by atoms with van der Waals surface area (Å²) in [6.07, 6.45) is 0. The highest BCUT2D eigenvalue weighted by Gasteiger charge is 2.18. The van der Waals surface area contributed by atoms with Gasteiger partial charge in [-0.15, -0.1) is 0 Å². The van der Waals surface area contributed by atoms with E-state index in [1.807, 2.05) is 0 Å². The van der Waals surface area contributed by atoms with Crippen molar-refractivity contribution in [2.45, 2.75) is 9.79 Å². The Hall–Kier alpha value is -2.06. The smallest absolute Gasteiger partial charge is 0.0760 e. The van der Waals surface area contributed by atoms with E-state index in [0.29, 0.717) is 0 Å². The topological polar surface area (TPSA) is 12.4 Å². The molecule has 92 valence electrons. The van der Waals surface area contributed by atoms with Crippen LogP contribution in [-0.4, -0.2) is 5.55 Å². The average Bonchev–Trinajstić information content (AvgIpc) is 2.90. The van der Waals surface area contributed by atoms with Crippen molar-refractivity contribution in [3.05, 3.63) is 66.7 Å². The number of benzene rings is 3. The van der Waals surface area contributed by atoms with E-state index in [0.717, 1.165) is 5.69 Å². The van der Waals surface area contributed by atoms with Crippen LogP contribution in [0.2, 0.25) is 0 Å². The van der Waals surface area contributed by atoms with Crippen molar-refractivity contribution in [2.75, 3.05) is 0 Å². The lowest BCUT2D eigenvalue weighted by molar-refractivity contribution is 1.39. The number of rotatable bonds is 1. The highest BCUT2D eigenvalue weighted by Crippen LogP contribution is 2.52. The Balaban J connectivity index is 1.96. The molecule has 4 rings (SSSR count). The van der Waals surface area contributed by atoms with Gasteiger partial charge in [0.1, 0.15) is 0 Å². The van der Waals surface area contributed by atoms with Crippen molar-refractivity contribution in [3.63, 3.8) is 0 Å². The molecule has 0 saturated heterocycles. The Morgan fingerprint density at radius 1 is 0.684 bits per heavy atom. The van der Waals surface area contributed by atoms with E-state index in [1.54, 1.807) is 0 Å². The van der Waals surface area contributed by atoms with Crippen LogP contribution in [0.5, 0.6) is 0 Å². The molecular weight excluding hydrogens is 250 g/mol. The van der Waals surface area contributed by atoms with E-state index in [1.165, 1.54) is 20.6 Å². The van der Waals surface area contributed by atoms with Crippen LogP contribution in [0, 0.1) is 0 Å². The second-order valence-corrected chi connectivity index (χ2v) is 6.54. The first-order valence-electron chi connectivity index (χ1n) is 6.34. The van der Waals surface area contributed by atoms with Gasteiger partial charge in [0.15, 0.2) is 0 Å². The standard InChI is InChI=1S/C17H13NS/c1-2-8-14-13(6-1)7-5-11-16(14)19-12-18-15-9-3-4-10-17(15)19/h1-12,19H. The summed E-state index contributed by atoms with van der Waals surface area (Å²) in [5.41, 5.74) is 3.25. The molecule has 1 aliphatic heterocycles. The van der Waals surface area contributed by atoms with Crippen molar-refractivity contribution >= 4 is 32.9 Å². The number of fused-ring (bicyclic) bond motifs is 2.